The molecule has 0 spiro atoms. The van der Waals surface area contributed by atoms with Gasteiger partial charge in [0.2, 0.25) is 0 Å². The van der Waals surface area contributed by atoms with Gasteiger partial charge in [-0.05, 0) is 19.4 Å². The second-order valence-corrected chi connectivity index (χ2v) is 3.64. The summed E-state index contributed by atoms with van der Waals surface area (Å²) in [6.45, 7) is 0.591. The van der Waals surface area contributed by atoms with E-state index >= 15 is 0 Å². The van der Waals surface area contributed by atoms with Gasteiger partial charge in [-0.2, -0.15) is 0 Å². The third-order valence-electron chi connectivity index (χ3n) is 2.75. The highest BCUT2D eigenvalue weighted by Gasteiger charge is 2.23. The Labute approximate surface area is 76.5 Å². The van der Waals surface area contributed by atoms with Gasteiger partial charge in [-0.1, -0.05) is 6.42 Å². The van der Waals surface area contributed by atoms with Crippen molar-refractivity contribution >= 4 is 0 Å². The van der Waals surface area contributed by atoms with Crippen molar-refractivity contribution < 1.29 is 0 Å². The molecule has 4 heteroatoms. The molecule has 0 bridgehead atoms. The first kappa shape index (κ1) is 8.56. The maximum atomic E-state index is 11.1. The summed E-state index contributed by atoms with van der Waals surface area (Å²) in [5, 5.41) is 0. The van der Waals surface area contributed by atoms with Crippen molar-refractivity contribution in [3.63, 3.8) is 0 Å². The number of imidazole rings is 1. The van der Waals surface area contributed by atoms with Gasteiger partial charge in [-0.15, -0.1) is 0 Å². The van der Waals surface area contributed by atoms with E-state index in [1.165, 1.54) is 19.3 Å². The zero-order valence-corrected chi connectivity index (χ0v) is 7.60. The van der Waals surface area contributed by atoms with Crippen LogP contribution < -0.4 is 11.4 Å². The van der Waals surface area contributed by atoms with Gasteiger partial charge in [0.25, 0.3) is 0 Å². The van der Waals surface area contributed by atoms with E-state index in [-0.39, 0.29) is 5.69 Å². The van der Waals surface area contributed by atoms with Crippen LogP contribution in [0.25, 0.3) is 0 Å². The van der Waals surface area contributed by atoms with Crippen molar-refractivity contribution in [1.29, 1.82) is 0 Å². The van der Waals surface area contributed by atoms with Gasteiger partial charge in [-0.3, -0.25) is 0 Å². The van der Waals surface area contributed by atoms with Gasteiger partial charge in [0, 0.05) is 23.7 Å². The summed E-state index contributed by atoms with van der Waals surface area (Å²) in [7, 11) is 0. The molecule has 4 nitrogen and oxygen atoms in total. The average molecular weight is 181 g/mol. The van der Waals surface area contributed by atoms with E-state index in [9.17, 15) is 4.79 Å². The van der Waals surface area contributed by atoms with Gasteiger partial charge < -0.3 is 15.7 Å². The maximum Gasteiger partial charge on any atom is 0.323 e. The van der Waals surface area contributed by atoms with Crippen molar-refractivity contribution in [2.24, 2.45) is 5.73 Å². The molecule has 0 aliphatic heterocycles. The summed E-state index contributed by atoms with van der Waals surface area (Å²) < 4.78 is 0. The van der Waals surface area contributed by atoms with Gasteiger partial charge >= 0.3 is 5.69 Å². The predicted octanol–water partition coefficient (Wildman–Crippen LogP) is 0.472. The quantitative estimate of drug-likeness (QED) is 0.634. The minimum atomic E-state index is -0.0923. The van der Waals surface area contributed by atoms with Crippen molar-refractivity contribution in [3.05, 3.63) is 21.9 Å². The summed E-state index contributed by atoms with van der Waals surface area (Å²) in [5.41, 5.74) is 7.48. The van der Waals surface area contributed by atoms with Gasteiger partial charge in [0.15, 0.2) is 0 Å². The van der Waals surface area contributed by atoms with E-state index < -0.39 is 0 Å². The number of H-pyrrole nitrogens is 2. The zero-order chi connectivity index (χ0) is 9.26. The van der Waals surface area contributed by atoms with Gasteiger partial charge in [-0.25, -0.2) is 4.79 Å². The number of nitrogens with two attached hydrogens (primary N) is 1. The number of nitrogens with one attached hydrogen (secondary N) is 2. The highest BCUT2D eigenvalue weighted by Crippen LogP contribution is 2.36. The summed E-state index contributed by atoms with van der Waals surface area (Å²) in [6, 6.07) is 0. The maximum absolute atomic E-state index is 11.1. The fourth-order valence-electron chi connectivity index (χ4n) is 1.82. The van der Waals surface area contributed by atoms with Crippen LogP contribution in [0.5, 0.6) is 0 Å². The molecular weight excluding hydrogens is 166 g/mol. The lowest BCUT2D eigenvalue weighted by Gasteiger charge is -2.24. The largest absolute Gasteiger partial charge is 0.330 e. The van der Waals surface area contributed by atoms with Crippen LogP contribution in [0.4, 0.5) is 0 Å². The van der Waals surface area contributed by atoms with Crippen LogP contribution in [0.1, 0.15) is 36.6 Å². The highest BCUT2D eigenvalue weighted by atomic mass is 16.1. The van der Waals surface area contributed by atoms with Crippen LogP contribution >= 0.6 is 0 Å². The number of aromatic amines is 2. The molecule has 1 fully saturated rings. The zero-order valence-electron chi connectivity index (χ0n) is 7.60. The van der Waals surface area contributed by atoms with Crippen LogP contribution in [-0.4, -0.2) is 16.5 Å². The Morgan fingerprint density at radius 3 is 2.69 bits per heavy atom. The highest BCUT2D eigenvalue weighted by molar-refractivity contribution is 5.18. The Hall–Kier alpha value is -1.03. The minimum Gasteiger partial charge on any atom is -0.330 e. The molecule has 0 amide bonds. The first-order valence-electron chi connectivity index (χ1n) is 4.82. The van der Waals surface area contributed by atoms with Gasteiger partial charge in [0.1, 0.15) is 0 Å². The third-order valence-corrected chi connectivity index (χ3v) is 2.75. The van der Waals surface area contributed by atoms with Crippen molar-refractivity contribution in [1.82, 2.24) is 9.97 Å². The van der Waals surface area contributed by atoms with Crippen LogP contribution in [0.2, 0.25) is 0 Å². The second-order valence-electron chi connectivity index (χ2n) is 3.64. The molecule has 1 heterocycles. The summed E-state index contributed by atoms with van der Waals surface area (Å²) >= 11 is 0. The van der Waals surface area contributed by atoms with Crippen molar-refractivity contribution in [2.45, 2.75) is 31.6 Å². The number of aromatic nitrogens is 2. The monoisotopic (exact) mass is 181 g/mol. The normalized spacial score (nSPS) is 17.3. The topological polar surface area (TPSA) is 74.7 Å². The van der Waals surface area contributed by atoms with Crippen LogP contribution in [0, 0.1) is 0 Å². The standard InChI is InChI=1S/C9H15N3O/c10-5-4-7-8(6-2-1-3-6)12-9(13)11-7/h6H,1-5,10H2,(H2,11,12,13). The Kier molecular flexibility index (Phi) is 2.22. The number of hydrogen-bond donors (Lipinski definition) is 3. The number of hydrogen-bond acceptors (Lipinski definition) is 2. The van der Waals surface area contributed by atoms with Crippen LogP contribution in [0.3, 0.4) is 0 Å². The molecule has 13 heavy (non-hydrogen) atoms. The predicted molar refractivity (Wildman–Crippen MR) is 50.8 cm³/mol. The van der Waals surface area contributed by atoms with E-state index in [1.807, 2.05) is 0 Å². The molecule has 0 unspecified atom stereocenters. The second kappa shape index (κ2) is 3.38. The molecule has 1 aliphatic carbocycles. The first-order chi connectivity index (χ1) is 6.31. The molecule has 1 aromatic rings. The molecule has 0 saturated heterocycles. The molecule has 1 saturated carbocycles. The van der Waals surface area contributed by atoms with Crippen LogP contribution in [0.15, 0.2) is 4.79 Å². The Morgan fingerprint density at radius 2 is 2.15 bits per heavy atom. The number of rotatable bonds is 3. The van der Waals surface area contributed by atoms with E-state index in [1.54, 1.807) is 0 Å². The minimum absolute atomic E-state index is 0.0923. The Balaban J connectivity index is 2.25. The summed E-state index contributed by atoms with van der Waals surface area (Å²) in [5.74, 6) is 0.570. The molecule has 4 N–H and O–H groups in total. The van der Waals surface area contributed by atoms with Crippen LogP contribution in [-0.2, 0) is 6.42 Å². The first-order valence-corrected chi connectivity index (χ1v) is 4.82. The van der Waals surface area contributed by atoms with E-state index in [0.717, 1.165) is 17.8 Å². The molecule has 1 aromatic heterocycles. The molecule has 1 aliphatic rings. The average Bonchev–Trinajstić information content (AvgIpc) is 2.29. The lowest BCUT2D eigenvalue weighted by Crippen LogP contribution is -2.13. The molecular formula is C9H15N3O. The van der Waals surface area contributed by atoms with E-state index in [4.69, 9.17) is 5.73 Å². The lowest BCUT2D eigenvalue weighted by atomic mass is 9.82. The molecule has 0 radical (unpaired) electrons. The molecule has 0 aromatic carbocycles. The van der Waals surface area contributed by atoms with Gasteiger partial charge in [0.05, 0.1) is 0 Å². The van der Waals surface area contributed by atoms with Crippen molar-refractivity contribution in [3.8, 4) is 0 Å². The Bertz CT molecular complexity index is 335. The van der Waals surface area contributed by atoms with Crippen molar-refractivity contribution in [2.75, 3.05) is 6.54 Å². The lowest BCUT2D eigenvalue weighted by molar-refractivity contribution is 0.409. The SMILES string of the molecule is NCCc1[nH]c(=O)[nH]c1C1CCC1. The Morgan fingerprint density at radius 1 is 1.38 bits per heavy atom. The molecule has 72 valence electrons. The smallest absolute Gasteiger partial charge is 0.323 e. The fourth-order valence-corrected chi connectivity index (χ4v) is 1.82. The fraction of sp³-hybridized carbons (Fsp3) is 0.667. The molecule has 2 rings (SSSR count). The van der Waals surface area contributed by atoms with E-state index in [0.29, 0.717) is 12.5 Å². The third kappa shape index (κ3) is 1.54. The summed E-state index contributed by atoms with van der Waals surface area (Å²) in [4.78, 5) is 16.7. The molecule has 0 atom stereocenters. The van der Waals surface area contributed by atoms with E-state index in [2.05, 4.69) is 9.97 Å². The summed E-state index contributed by atoms with van der Waals surface area (Å²) in [6.07, 6.45) is 4.45.